The molecule has 128 valence electrons. The Hall–Kier alpha value is -2.79. The largest absolute Gasteiger partial charge is 0.492 e. The zero-order valence-corrected chi connectivity index (χ0v) is 14.4. The summed E-state index contributed by atoms with van der Waals surface area (Å²) in [6.45, 7) is 2.43. The van der Waals surface area contributed by atoms with E-state index in [0.29, 0.717) is 40.9 Å². The van der Waals surface area contributed by atoms with Gasteiger partial charge in [0.1, 0.15) is 29.4 Å². The Morgan fingerprint density at radius 1 is 1.16 bits per heavy atom. The van der Waals surface area contributed by atoms with Crippen molar-refractivity contribution in [3.05, 3.63) is 70.9 Å². The smallest absolute Gasteiger partial charge is 0.257 e. The molecule has 1 amide bonds. The van der Waals surface area contributed by atoms with Gasteiger partial charge in [0, 0.05) is 10.6 Å². The number of halogens is 1. The van der Waals surface area contributed by atoms with Crippen LogP contribution >= 0.6 is 11.6 Å². The molecule has 6 heteroatoms. The predicted molar refractivity (Wildman–Crippen MR) is 96.0 cm³/mol. The van der Waals surface area contributed by atoms with Crippen molar-refractivity contribution in [1.29, 1.82) is 0 Å². The van der Waals surface area contributed by atoms with Crippen molar-refractivity contribution >= 4 is 17.5 Å². The van der Waals surface area contributed by atoms with Crippen molar-refractivity contribution in [2.45, 2.75) is 6.92 Å². The van der Waals surface area contributed by atoms with E-state index in [4.69, 9.17) is 20.9 Å². The third kappa shape index (κ3) is 4.19. The fraction of sp³-hybridized carbons (Fsp3) is 0.158. The van der Waals surface area contributed by atoms with Gasteiger partial charge in [0.05, 0.1) is 6.54 Å². The molecule has 0 aliphatic heterocycles. The van der Waals surface area contributed by atoms with Gasteiger partial charge in [0.2, 0.25) is 0 Å². The lowest BCUT2D eigenvalue weighted by Crippen LogP contribution is -2.28. The number of hydrogen-bond acceptors (Lipinski definition) is 4. The third-order valence-corrected chi connectivity index (χ3v) is 3.86. The van der Waals surface area contributed by atoms with Gasteiger partial charge in [-0.25, -0.2) is 0 Å². The van der Waals surface area contributed by atoms with Gasteiger partial charge < -0.3 is 14.6 Å². The summed E-state index contributed by atoms with van der Waals surface area (Å²) in [7, 11) is 0. The zero-order valence-electron chi connectivity index (χ0n) is 13.7. The molecule has 0 radical (unpaired) electrons. The van der Waals surface area contributed by atoms with Crippen LogP contribution in [0, 0.1) is 6.92 Å². The van der Waals surface area contributed by atoms with Crippen LogP contribution in [-0.2, 0) is 0 Å². The van der Waals surface area contributed by atoms with Crippen molar-refractivity contribution < 1.29 is 14.1 Å². The molecule has 5 nitrogen and oxygen atoms in total. The predicted octanol–water partition coefficient (Wildman–Crippen LogP) is 4.11. The lowest BCUT2D eigenvalue weighted by molar-refractivity contribution is 0.0946. The van der Waals surface area contributed by atoms with Gasteiger partial charge in [0.15, 0.2) is 0 Å². The Balaban J connectivity index is 1.60. The molecule has 0 fully saturated rings. The highest BCUT2D eigenvalue weighted by Gasteiger charge is 2.21. The van der Waals surface area contributed by atoms with Crippen molar-refractivity contribution in [2.75, 3.05) is 13.2 Å². The van der Waals surface area contributed by atoms with Crippen LogP contribution in [0.5, 0.6) is 5.75 Å². The van der Waals surface area contributed by atoms with Gasteiger partial charge in [0.25, 0.3) is 5.91 Å². The quantitative estimate of drug-likeness (QED) is 0.675. The van der Waals surface area contributed by atoms with E-state index in [0.717, 1.165) is 5.56 Å². The summed E-state index contributed by atoms with van der Waals surface area (Å²) in [5, 5.41) is 7.49. The van der Waals surface area contributed by atoms with Crippen LogP contribution in [0.2, 0.25) is 5.02 Å². The van der Waals surface area contributed by atoms with Gasteiger partial charge in [-0.05, 0) is 31.2 Å². The average Bonchev–Trinajstić information content (AvgIpc) is 3.02. The number of ether oxygens (including phenoxy) is 1. The minimum Gasteiger partial charge on any atom is -0.492 e. The Kier molecular flexibility index (Phi) is 5.36. The first-order valence-corrected chi connectivity index (χ1v) is 8.21. The monoisotopic (exact) mass is 356 g/mol. The highest BCUT2D eigenvalue weighted by atomic mass is 35.5. The number of rotatable bonds is 6. The van der Waals surface area contributed by atoms with E-state index in [1.165, 1.54) is 0 Å². The maximum absolute atomic E-state index is 12.5. The van der Waals surface area contributed by atoms with E-state index in [1.54, 1.807) is 31.2 Å². The summed E-state index contributed by atoms with van der Waals surface area (Å²) in [4.78, 5) is 12.5. The molecule has 1 N–H and O–H groups in total. The second-order valence-corrected chi connectivity index (χ2v) is 5.82. The molecule has 1 heterocycles. The lowest BCUT2D eigenvalue weighted by atomic mass is 10.1. The number of nitrogens with zero attached hydrogens (tertiary/aromatic N) is 1. The van der Waals surface area contributed by atoms with E-state index in [-0.39, 0.29) is 5.91 Å². The molecular formula is C19H17ClN2O3. The maximum atomic E-state index is 12.5. The molecule has 1 aromatic heterocycles. The standard InChI is InChI=1S/C19H17ClN2O3/c1-13-17(18(22-25-13)14-5-3-2-4-6-14)19(23)21-11-12-24-16-9-7-15(20)8-10-16/h2-10H,11-12H2,1H3,(H,21,23). The molecule has 0 bridgehead atoms. The van der Waals surface area contributed by atoms with Crippen molar-refractivity contribution in [1.82, 2.24) is 10.5 Å². The highest BCUT2D eigenvalue weighted by molar-refractivity contribution is 6.30. The first-order valence-electron chi connectivity index (χ1n) is 7.83. The van der Waals surface area contributed by atoms with Gasteiger partial charge in [-0.3, -0.25) is 4.79 Å². The molecule has 0 aliphatic rings. The Labute approximate surface area is 150 Å². The van der Waals surface area contributed by atoms with Crippen molar-refractivity contribution in [3.8, 4) is 17.0 Å². The van der Waals surface area contributed by atoms with Crippen LogP contribution < -0.4 is 10.1 Å². The van der Waals surface area contributed by atoms with E-state index < -0.39 is 0 Å². The van der Waals surface area contributed by atoms with Crippen LogP contribution in [0.3, 0.4) is 0 Å². The number of aryl methyl sites for hydroxylation is 1. The van der Waals surface area contributed by atoms with E-state index in [1.807, 2.05) is 30.3 Å². The van der Waals surface area contributed by atoms with Gasteiger partial charge in [-0.2, -0.15) is 0 Å². The highest BCUT2D eigenvalue weighted by Crippen LogP contribution is 2.24. The third-order valence-electron chi connectivity index (χ3n) is 3.61. The SMILES string of the molecule is Cc1onc(-c2ccccc2)c1C(=O)NCCOc1ccc(Cl)cc1. The van der Waals surface area contributed by atoms with Crippen LogP contribution in [0.4, 0.5) is 0 Å². The number of amides is 1. The van der Waals surface area contributed by atoms with Gasteiger partial charge >= 0.3 is 0 Å². The molecule has 2 aromatic carbocycles. The average molecular weight is 357 g/mol. The van der Waals surface area contributed by atoms with E-state index in [9.17, 15) is 4.79 Å². The topological polar surface area (TPSA) is 64.4 Å². The minimum absolute atomic E-state index is 0.239. The molecule has 0 aliphatic carbocycles. The molecule has 3 rings (SSSR count). The number of hydrogen-bond donors (Lipinski definition) is 1. The van der Waals surface area contributed by atoms with Crippen LogP contribution in [-0.4, -0.2) is 24.2 Å². The summed E-state index contributed by atoms with van der Waals surface area (Å²) in [5.41, 5.74) is 1.81. The molecule has 0 spiro atoms. The molecule has 3 aromatic rings. The second-order valence-electron chi connectivity index (χ2n) is 5.39. The zero-order chi connectivity index (χ0) is 17.6. The van der Waals surface area contributed by atoms with Crippen LogP contribution in [0.1, 0.15) is 16.1 Å². The Morgan fingerprint density at radius 2 is 1.88 bits per heavy atom. The summed E-state index contributed by atoms with van der Waals surface area (Å²) >= 11 is 5.82. The summed E-state index contributed by atoms with van der Waals surface area (Å²) in [5.74, 6) is 0.942. The molecular weight excluding hydrogens is 340 g/mol. The van der Waals surface area contributed by atoms with Crippen LogP contribution in [0.25, 0.3) is 11.3 Å². The number of nitrogens with one attached hydrogen (secondary N) is 1. The first kappa shape index (κ1) is 17.0. The molecule has 0 saturated carbocycles. The number of benzene rings is 2. The summed E-state index contributed by atoms with van der Waals surface area (Å²) in [6.07, 6.45) is 0. The molecule has 0 unspecified atom stereocenters. The minimum atomic E-state index is -0.239. The van der Waals surface area contributed by atoms with Crippen LogP contribution in [0.15, 0.2) is 59.1 Å². The fourth-order valence-corrected chi connectivity index (χ4v) is 2.51. The van der Waals surface area contributed by atoms with Crippen molar-refractivity contribution in [2.24, 2.45) is 0 Å². The Bertz CT molecular complexity index is 845. The maximum Gasteiger partial charge on any atom is 0.257 e. The first-order chi connectivity index (χ1) is 12.1. The van der Waals surface area contributed by atoms with Crippen molar-refractivity contribution in [3.63, 3.8) is 0 Å². The number of aromatic nitrogens is 1. The molecule has 25 heavy (non-hydrogen) atoms. The number of carbonyl (C=O) groups excluding carboxylic acids is 1. The lowest BCUT2D eigenvalue weighted by Gasteiger charge is -2.08. The molecule has 0 saturated heterocycles. The summed E-state index contributed by atoms with van der Waals surface area (Å²) < 4.78 is 10.8. The van der Waals surface area contributed by atoms with Gasteiger partial charge in [-0.1, -0.05) is 47.1 Å². The normalized spacial score (nSPS) is 10.5. The number of carbonyl (C=O) groups is 1. The van der Waals surface area contributed by atoms with E-state index >= 15 is 0 Å². The fourth-order valence-electron chi connectivity index (χ4n) is 2.39. The Morgan fingerprint density at radius 3 is 2.60 bits per heavy atom. The summed E-state index contributed by atoms with van der Waals surface area (Å²) in [6, 6.07) is 16.5. The second kappa shape index (κ2) is 7.85. The van der Waals surface area contributed by atoms with Gasteiger partial charge in [-0.15, -0.1) is 0 Å². The van der Waals surface area contributed by atoms with E-state index in [2.05, 4.69) is 10.5 Å². The molecule has 0 atom stereocenters.